The third-order valence-corrected chi connectivity index (χ3v) is 9.49. The van der Waals surface area contributed by atoms with Gasteiger partial charge in [0.2, 0.25) is 0 Å². The molecule has 2 nitrogen and oxygen atoms in total. The summed E-state index contributed by atoms with van der Waals surface area (Å²) in [5.74, 6) is 0. The molecule has 0 radical (unpaired) electrons. The Kier molecular flexibility index (Phi) is 5.46. The Labute approximate surface area is 135 Å². The standard InChI is InChI=1S/C18H30FNOSi/c1-18(2,3)22(4,5)21-17-11-16(19)13-20(14-17)12-15-9-7-6-8-10-15/h6-10,16-17H,11-14H2,1-5H3/t16-,17-/m1/s1. The molecule has 1 aliphatic rings. The molecule has 0 bridgehead atoms. The first-order valence-corrected chi connectivity index (χ1v) is 11.2. The van der Waals surface area contributed by atoms with Gasteiger partial charge in [0.25, 0.3) is 0 Å². The molecule has 0 saturated carbocycles. The van der Waals surface area contributed by atoms with Crippen LogP contribution in [0.1, 0.15) is 32.8 Å². The average molecular weight is 324 g/mol. The Morgan fingerprint density at radius 2 is 1.82 bits per heavy atom. The van der Waals surface area contributed by atoms with E-state index in [1.807, 2.05) is 18.2 Å². The molecule has 0 aromatic heterocycles. The summed E-state index contributed by atoms with van der Waals surface area (Å²) in [6.45, 7) is 13.4. The maximum atomic E-state index is 14.2. The van der Waals surface area contributed by atoms with Crippen molar-refractivity contribution in [1.29, 1.82) is 0 Å². The predicted molar refractivity (Wildman–Crippen MR) is 93.3 cm³/mol. The van der Waals surface area contributed by atoms with Crippen molar-refractivity contribution in [3.8, 4) is 0 Å². The number of hydrogen-bond donors (Lipinski definition) is 0. The zero-order chi connectivity index (χ0) is 16.4. The van der Waals surface area contributed by atoms with Gasteiger partial charge < -0.3 is 4.43 Å². The molecule has 1 fully saturated rings. The highest BCUT2D eigenvalue weighted by Gasteiger charge is 2.41. The molecule has 124 valence electrons. The van der Waals surface area contributed by atoms with Crippen molar-refractivity contribution in [3.63, 3.8) is 0 Å². The van der Waals surface area contributed by atoms with Gasteiger partial charge in [-0.3, -0.25) is 4.90 Å². The van der Waals surface area contributed by atoms with Crippen LogP contribution in [-0.4, -0.2) is 38.6 Å². The Hall–Kier alpha value is -0.713. The number of halogens is 1. The number of benzene rings is 1. The van der Waals surface area contributed by atoms with Crippen molar-refractivity contribution in [3.05, 3.63) is 35.9 Å². The lowest BCUT2D eigenvalue weighted by Crippen LogP contribution is -2.51. The fourth-order valence-corrected chi connectivity index (χ4v) is 4.08. The molecule has 1 heterocycles. The largest absolute Gasteiger partial charge is 0.413 e. The molecule has 2 atom stereocenters. The Balaban J connectivity index is 1.99. The van der Waals surface area contributed by atoms with Crippen LogP contribution in [0.4, 0.5) is 4.39 Å². The molecule has 4 heteroatoms. The van der Waals surface area contributed by atoms with E-state index in [0.717, 1.165) is 13.1 Å². The molecular formula is C18H30FNOSi. The minimum absolute atomic E-state index is 0.0216. The van der Waals surface area contributed by atoms with Crippen molar-refractivity contribution < 1.29 is 8.82 Å². The Bertz CT molecular complexity index is 472. The summed E-state index contributed by atoms with van der Waals surface area (Å²) in [7, 11) is -1.84. The SMILES string of the molecule is CC(C)(C)[Si](C)(C)O[C@@H]1C[C@@H](F)CN(Cc2ccccc2)C1. The number of alkyl halides is 1. The van der Waals surface area contributed by atoms with Gasteiger partial charge in [0.05, 0.1) is 6.10 Å². The van der Waals surface area contributed by atoms with Gasteiger partial charge in [0.15, 0.2) is 8.32 Å². The minimum atomic E-state index is -1.84. The number of likely N-dealkylation sites (tertiary alicyclic amines) is 1. The second kappa shape index (κ2) is 6.81. The van der Waals surface area contributed by atoms with E-state index in [1.165, 1.54) is 5.56 Å². The van der Waals surface area contributed by atoms with Crippen molar-refractivity contribution in [2.75, 3.05) is 13.1 Å². The van der Waals surface area contributed by atoms with Crippen LogP contribution in [-0.2, 0) is 11.0 Å². The smallest absolute Gasteiger partial charge is 0.192 e. The summed E-state index contributed by atoms with van der Waals surface area (Å²) in [5, 5.41) is 0.167. The monoisotopic (exact) mass is 323 g/mol. The highest BCUT2D eigenvalue weighted by Crippen LogP contribution is 2.38. The number of rotatable bonds is 4. The first-order chi connectivity index (χ1) is 10.2. The van der Waals surface area contributed by atoms with Gasteiger partial charge in [0.1, 0.15) is 6.17 Å². The zero-order valence-electron chi connectivity index (χ0n) is 14.6. The van der Waals surface area contributed by atoms with Gasteiger partial charge in [-0.1, -0.05) is 51.1 Å². The Morgan fingerprint density at radius 1 is 1.18 bits per heavy atom. The normalized spacial score (nSPS) is 24.5. The van der Waals surface area contributed by atoms with Gasteiger partial charge in [-0.05, 0) is 23.7 Å². The van der Waals surface area contributed by atoms with Crippen LogP contribution in [0.25, 0.3) is 0 Å². The molecule has 0 unspecified atom stereocenters. The summed E-state index contributed by atoms with van der Waals surface area (Å²) in [6.07, 6.45) is -0.224. The second-order valence-electron chi connectivity index (χ2n) is 8.01. The maximum absolute atomic E-state index is 14.2. The second-order valence-corrected chi connectivity index (χ2v) is 12.8. The lowest BCUT2D eigenvalue weighted by molar-refractivity contribution is 0.0291. The van der Waals surface area contributed by atoms with Gasteiger partial charge >= 0.3 is 0 Å². The van der Waals surface area contributed by atoms with Gasteiger partial charge in [-0.15, -0.1) is 0 Å². The molecule has 22 heavy (non-hydrogen) atoms. The topological polar surface area (TPSA) is 12.5 Å². The van der Waals surface area contributed by atoms with Crippen LogP contribution >= 0.6 is 0 Å². The molecule has 0 aliphatic carbocycles. The van der Waals surface area contributed by atoms with Crippen molar-refractivity contribution >= 4 is 8.32 Å². The highest BCUT2D eigenvalue weighted by atomic mass is 28.4. The van der Waals surface area contributed by atoms with Gasteiger partial charge in [-0.2, -0.15) is 0 Å². The van der Waals surface area contributed by atoms with E-state index in [0.29, 0.717) is 13.0 Å². The minimum Gasteiger partial charge on any atom is -0.413 e. The molecule has 0 N–H and O–H groups in total. The molecular weight excluding hydrogens is 293 g/mol. The van der Waals surface area contributed by atoms with Gasteiger partial charge in [0, 0.05) is 26.1 Å². The van der Waals surface area contributed by atoms with E-state index in [-0.39, 0.29) is 11.1 Å². The molecule has 1 aromatic carbocycles. The number of piperidine rings is 1. The van der Waals surface area contributed by atoms with E-state index in [2.05, 4.69) is 50.9 Å². The molecule has 1 saturated heterocycles. The van der Waals surface area contributed by atoms with E-state index < -0.39 is 14.5 Å². The van der Waals surface area contributed by atoms with E-state index in [4.69, 9.17) is 4.43 Å². The predicted octanol–water partition coefficient (Wildman–Crippen LogP) is 4.62. The highest BCUT2D eigenvalue weighted by molar-refractivity contribution is 6.74. The van der Waals surface area contributed by atoms with E-state index in [9.17, 15) is 4.39 Å². The summed E-state index contributed by atoms with van der Waals surface area (Å²) in [4.78, 5) is 2.20. The molecule has 1 aromatic rings. The average Bonchev–Trinajstić information content (AvgIpc) is 2.37. The van der Waals surface area contributed by atoms with Crippen molar-refractivity contribution in [1.82, 2.24) is 4.90 Å². The number of hydrogen-bond acceptors (Lipinski definition) is 2. The molecule has 0 spiro atoms. The number of nitrogens with zero attached hydrogens (tertiary/aromatic N) is 1. The summed E-state index contributed by atoms with van der Waals surface area (Å²) in [5.41, 5.74) is 1.24. The van der Waals surface area contributed by atoms with Crippen LogP contribution in [0.5, 0.6) is 0 Å². The molecule has 0 amide bonds. The first-order valence-electron chi connectivity index (χ1n) is 8.25. The fourth-order valence-electron chi connectivity index (χ4n) is 2.73. The molecule has 1 aliphatic heterocycles. The maximum Gasteiger partial charge on any atom is 0.192 e. The fraction of sp³-hybridized carbons (Fsp3) is 0.667. The van der Waals surface area contributed by atoms with Crippen LogP contribution in [0, 0.1) is 0 Å². The Morgan fingerprint density at radius 3 is 2.41 bits per heavy atom. The van der Waals surface area contributed by atoms with E-state index >= 15 is 0 Å². The van der Waals surface area contributed by atoms with Crippen LogP contribution < -0.4 is 0 Å². The van der Waals surface area contributed by atoms with Crippen LogP contribution in [0.3, 0.4) is 0 Å². The van der Waals surface area contributed by atoms with Crippen LogP contribution in [0.2, 0.25) is 18.1 Å². The zero-order valence-corrected chi connectivity index (χ0v) is 15.6. The summed E-state index contributed by atoms with van der Waals surface area (Å²) in [6, 6.07) is 10.3. The lowest BCUT2D eigenvalue weighted by atomic mass is 10.1. The quantitative estimate of drug-likeness (QED) is 0.750. The van der Waals surface area contributed by atoms with Crippen molar-refractivity contribution in [2.24, 2.45) is 0 Å². The van der Waals surface area contributed by atoms with Crippen LogP contribution in [0.15, 0.2) is 30.3 Å². The molecule has 2 rings (SSSR count). The summed E-state index contributed by atoms with van der Waals surface area (Å²) >= 11 is 0. The summed E-state index contributed by atoms with van der Waals surface area (Å²) < 4.78 is 20.6. The lowest BCUT2D eigenvalue weighted by Gasteiger charge is -2.43. The van der Waals surface area contributed by atoms with E-state index in [1.54, 1.807) is 0 Å². The van der Waals surface area contributed by atoms with Crippen molar-refractivity contribution in [2.45, 2.75) is 64.1 Å². The van der Waals surface area contributed by atoms with Gasteiger partial charge in [-0.25, -0.2) is 4.39 Å². The third-order valence-electron chi connectivity index (χ3n) is 4.95. The first kappa shape index (κ1) is 17.6. The third kappa shape index (κ3) is 4.64.